The van der Waals surface area contributed by atoms with E-state index >= 15 is 0 Å². The Morgan fingerprint density at radius 2 is 2.12 bits per heavy atom. The lowest BCUT2D eigenvalue weighted by atomic mass is 9.95. The summed E-state index contributed by atoms with van der Waals surface area (Å²) in [5, 5.41) is 6.30. The molecule has 1 saturated heterocycles. The van der Waals surface area contributed by atoms with Gasteiger partial charge in [-0.2, -0.15) is 0 Å². The van der Waals surface area contributed by atoms with Crippen LogP contribution in [0.2, 0.25) is 0 Å². The highest BCUT2D eigenvalue weighted by molar-refractivity contribution is 5.98. The number of rotatable bonds is 0. The maximum Gasteiger partial charge on any atom is 0.257 e. The highest BCUT2D eigenvalue weighted by Crippen LogP contribution is 2.33. The van der Waals surface area contributed by atoms with E-state index in [1.165, 1.54) is 0 Å². The van der Waals surface area contributed by atoms with Crippen LogP contribution in [0.5, 0.6) is 0 Å². The standard InChI is InChI=1S/C12H16N2O2/c15-11-9-3-1-2-4-10(9)16-12(14-11)5-7-13-8-6-12/h1,3,13H,2,4-8H2,(H,14,15). The van der Waals surface area contributed by atoms with Crippen LogP contribution in [0.25, 0.3) is 0 Å². The number of ether oxygens (including phenoxy) is 1. The van der Waals surface area contributed by atoms with Crippen LogP contribution in [0, 0.1) is 0 Å². The minimum atomic E-state index is -0.438. The van der Waals surface area contributed by atoms with Crippen molar-refractivity contribution in [3.63, 3.8) is 0 Å². The zero-order chi connectivity index (χ0) is 11.0. The predicted molar refractivity (Wildman–Crippen MR) is 59.5 cm³/mol. The molecule has 1 amide bonds. The number of hydrogen-bond donors (Lipinski definition) is 2. The molecule has 3 aliphatic rings. The van der Waals surface area contributed by atoms with Gasteiger partial charge in [-0.3, -0.25) is 4.79 Å². The van der Waals surface area contributed by atoms with Gasteiger partial charge in [0.15, 0.2) is 5.72 Å². The molecular weight excluding hydrogens is 204 g/mol. The summed E-state index contributed by atoms with van der Waals surface area (Å²) in [6, 6.07) is 0. The fourth-order valence-corrected chi connectivity index (χ4v) is 2.54. The topological polar surface area (TPSA) is 50.4 Å². The third kappa shape index (κ3) is 1.53. The quantitative estimate of drug-likeness (QED) is 0.635. The lowest BCUT2D eigenvalue weighted by Gasteiger charge is -2.43. The van der Waals surface area contributed by atoms with Gasteiger partial charge in [0, 0.05) is 32.4 Å². The molecule has 0 radical (unpaired) electrons. The van der Waals surface area contributed by atoms with Crippen LogP contribution >= 0.6 is 0 Å². The van der Waals surface area contributed by atoms with Gasteiger partial charge in [-0.15, -0.1) is 0 Å². The van der Waals surface area contributed by atoms with Crippen LogP contribution in [0.4, 0.5) is 0 Å². The second-order valence-electron chi connectivity index (χ2n) is 4.58. The Morgan fingerprint density at radius 1 is 1.31 bits per heavy atom. The number of amides is 1. The van der Waals surface area contributed by atoms with Gasteiger partial charge >= 0.3 is 0 Å². The highest BCUT2D eigenvalue weighted by Gasteiger charge is 2.41. The fourth-order valence-electron chi connectivity index (χ4n) is 2.54. The van der Waals surface area contributed by atoms with E-state index < -0.39 is 5.72 Å². The van der Waals surface area contributed by atoms with Crippen LogP contribution < -0.4 is 10.6 Å². The maximum atomic E-state index is 12.0. The summed E-state index contributed by atoms with van der Waals surface area (Å²) >= 11 is 0. The molecule has 0 aromatic carbocycles. The molecule has 2 heterocycles. The normalized spacial score (nSPS) is 27.4. The zero-order valence-electron chi connectivity index (χ0n) is 9.21. The number of nitrogens with one attached hydrogen (secondary N) is 2. The molecule has 1 fully saturated rings. The monoisotopic (exact) mass is 220 g/mol. The van der Waals surface area contributed by atoms with Crippen molar-refractivity contribution in [3.8, 4) is 0 Å². The fraction of sp³-hybridized carbons (Fsp3) is 0.583. The highest BCUT2D eigenvalue weighted by atomic mass is 16.5. The number of piperidine rings is 1. The van der Waals surface area contributed by atoms with Crippen molar-refractivity contribution in [2.24, 2.45) is 0 Å². The molecule has 4 heteroatoms. The summed E-state index contributed by atoms with van der Waals surface area (Å²) in [7, 11) is 0. The summed E-state index contributed by atoms with van der Waals surface area (Å²) in [4.78, 5) is 12.0. The number of hydrogen-bond acceptors (Lipinski definition) is 3. The predicted octanol–water partition coefficient (Wildman–Crippen LogP) is 0.817. The van der Waals surface area contributed by atoms with Crippen molar-refractivity contribution >= 4 is 5.91 Å². The maximum absolute atomic E-state index is 12.0. The molecule has 2 aliphatic heterocycles. The summed E-state index contributed by atoms with van der Waals surface area (Å²) < 4.78 is 6.05. The zero-order valence-corrected chi connectivity index (χ0v) is 9.21. The van der Waals surface area contributed by atoms with Gasteiger partial charge in [-0.05, 0) is 6.42 Å². The first kappa shape index (κ1) is 9.90. The Kier molecular flexibility index (Phi) is 2.24. The smallest absolute Gasteiger partial charge is 0.257 e. The summed E-state index contributed by atoms with van der Waals surface area (Å²) in [5.41, 5.74) is 0.280. The van der Waals surface area contributed by atoms with E-state index in [-0.39, 0.29) is 5.91 Å². The molecule has 0 aromatic heterocycles. The van der Waals surface area contributed by atoms with E-state index in [0.717, 1.165) is 50.1 Å². The molecule has 1 spiro atoms. The molecule has 0 unspecified atom stereocenters. The van der Waals surface area contributed by atoms with E-state index in [2.05, 4.69) is 10.6 Å². The van der Waals surface area contributed by atoms with Crippen molar-refractivity contribution in [2.45, 2.75) is 31.4 Å². The lowest BCUT2D eigenvalue weighted by molar-refractivity contribution is -0.134. The Morgan fingerprint density at radius 3 is 2.94 bits per heavy atom. The van der Waals surface area contributed by atoms with Gasteiger partial charge in [0.05, 0.1) is 5.57 Å². The first-order chi connectivity index (χ1) is 7.79. The van der Waals surface area contributed by atoms with Crippen molar-refractivity contribution in [1.29, 1.82) is 0 Å². The molecule has 1 aliphatic carbocycles. The number of carbonyl (C=O) groups excluding carboxylic acids is 1. The van der Waals surface area contributed by atoms with Crippen LogP contribution in [0.3, 0.4) is 0 Å². The van der Waals surface area contributed by atoms with Crippen LogP contribution in [-0.2, 0) is 9.53 Å². The average molecular weight is 220 g/mol. The van der Waals surface area contributed by atoms with E-state index in [1.54, 1.807) is 0 Å². The summed E-state index contributed by atoms with van der Waals surface area (Å²) in [6.45, 7) is 1.80. The summed E-state index contributed by atoms with van der Waals surface area (Å²) in [5.74, 6) is 0.909. The second kappa shape index (κ2) is 3.63. The minimum absolute atomic E-state index is 0.0269. The Labute approximate surface area is 94.7 Å². The van der Waals surface area contributed by atoms with Crippen molar-refractivity contribution in [1.82, 2.24) is 10.6 Å². The number of allylic oxidation sites excluding steroid dienone is 2. The molecule has 4 nitrogen and oxygen atoms in total. The molecule has 3 rings (SSSR count). The van der Waals surface area contributed by atoms with Crippen molar-refractivity contribution in [3.05, 3.63) is 23.5 Å². The first-order valence-electron chi connectivity index (χ1n) is 5.91. The van der Waals surface area contributed by atoms with Gasteiger partial charge in [0.2, 0.25) is 0 Å². The molecule has 0 atom stereocenters. The van der Waals surface area contributed by atoms with Crippen LogP contribution in [0.1, 0.15) is 25.7 Å². The second-order valence-corrected chi connectivity index (χ2v) is 4.58. The van der Waals surface area contributed by atoms with Crippen molar-refractivity contribution in [2.75, 3.05) is 13.1 Å². The number of carbonyl (C=O) groups is 1. The van der Waals surface area contributed by atoms with Crippen LogP contribution in [0.15, 0.2) is 23.5 Å². The van der Waals surface area contributed by atoms with Gasteiger partial charge in [-0.25, -0.2) is 0 Å². The largest absolute Gasteiger partial charge is 0.472 e. The Bertz CT molecular complexity index is 378. The molecule has 2 N–H and O–H groups in total. The van der Waals surface area contributed by atoms with E-state index in [9.17, 15) is 4.79 Å². The summed E-state index contributed by atoms with van der Waals surface area (Å²) in [6.07, 6.45) is 7.43. The molecule has 0 saturated carbocycles. The SMILES string of the molecule is O=C1NC2(CCNCC2)OC2=C1C=CCC2. The minimum Gasteiger partial charge on any atom is -0.472 e. The van der Waals surface area contributed by atoms with Gasteiger partial charge in [0.1, 0.15) is 5.76 Å². The van der Waals surface area contributed by atoms with Gasteiger partial charge in [-0.1, -0.05) is 12.2 Å². The third-order valence-corrected chi connectivity index (χ3v) is 3.44. The average Bonchev–Trinajstić information content (AvgIpc) is 2.30. The van der Waals surface area contributed by atoms with Crippen LogP contribution in [-0.4, -0.2) is 24.7 Å². The molecule has 16 heavy (non-hydrogen) atoms. The molecule has 0 bridgehead atoms. The van der Waals surface area contributed by atoms with Gasteiger partial charge in [0.25, 0.3) is 5.91 Å². The van der Waals surface area contributed by atoms with E-state index in [0.29, 0.717) is 0 Å². The van der Waals surface area contributed by atoms with E-state index in [1.807, 2.05) is 12.2 Å². The lowest BCUT2D eigenvalue weighted by Crippen LogP contribution is -2.58. The molecular formula is C12H16N2O2. The Hall–Kier alpha value is -1.29. The van der Waals surface area contributed by atoms with Gasteiger partial charge < -0.3 is 15.4 Å². The van der Waals surface area contributed by atoms with Crippen molar-refractivity contribution < 1.29 is 9.53 Å². The first-order valence-corrected chi connectivity index (χ1v) is 5.91. The Balaban J connectivity index is 1.90. The third-order valence-electron chi connectivity index (χ3n) is 3.44. The molecule has 0 aromatic rings. The van der Waals surface area contributed by atoms with E-state index in [4.69, 9.17) is 4.74 Å². The molecule has 86 valence electrons.